The summed E-state index contributed by atoms with van der Waals surface area (Å²) in [5.41, 5.74) is 0.926. The van der Waals surface area contributed by atoms with Crippen molar-refractivity contribution in [3.05, 3.63) is 109 Å². The monoisotopic (exact) mass is 595 g/mol. The summed E-state index contributed by atoms with van der Waals surface area (Å²) in [6, 6.07) is 32.4. The standard InChI is InChI=1S/C20H21NO4.C12H9N.C4H6O2.H2/c1-24-18(22)9-11-20(14-21,12-10-19(23)25-2)17-8-7-15-5-3-4-6-16(15)13-17;13-8-7-10-5-6-11-3-1-2-4-12(11)9-10;1-2-3-6-4-5;/h3-8,13H,9-12H2,1-2H3;1-6,9H,7H2;2,4H,1,3H2;1H/i;;;1+1. The van der Waals surface area contributed by atoms with Crippen molar-refractivity contribution in [1.29, 1.82) is 10.5 Å². The summed E-state index contributed by atoms with van der Waals surface area (Å²) in [7, 11) is 2.64. The van der Waals surface area contributed by atoms with Gasteiger partial charge in [0.1, 0.15) is 6.61 Å². The van der Waals surface area contributed by atoms with Gasteiger partial charge in [0.05, 0.1) is 38.2 Å². The summed E-state index contributed by atoms with van der Waals surface area (Å²) in [6.07, 6.45) is 2.78. The fraction of sp³-hybridized carbons (Fsp3) is 0.250. The lowest BCUT2D eigenvalue weighted by Gasteiger charge is -2.27. The Hall–Kier alpha value is -5.47. The first-order valence-electron chi connectivity index (χ1n) is 13.9. The van der Waals surface area contributed by atoms with Gasteiger partial charge in [0.2, 0.25) is 0 Å². The van der Waals surface area contributed by atoms with E-state index >= 15 is 0 Å². The first-order valence-corrected chi connectivity index (χ1v) is 13.9. The number of esters is 2. The maximum atomic E-state index is 11.6. The lowest BCUT2D eigenvalue weighted by Crippen LogP contribution is -2.27. The Balaban J connectivity index is 0.000000420. The topological polar surface area (TPSA) is 126 Å². The van der Waals surface area contributed by atoms with Gasteiger partial charge in [-0.25, -0.2) is 0 Å². The van der Waals surface area contributed by atoms with E-state index < -0.39 is 5.41 Å². The zero-order valence-electron chi connectivity index (χ0n) is 25.0. The van der Waals surface area contributed by atoms with Gasteiger partial charge >= 0.3 is 11.9 Å². The molecule has 0 spiro atoms. The number of nitriles is 2. The number of carbonyl (C=O) groups excluding carboxylic acids is 3. The van der Waals surface area contributed by atoms with Gasteiger partial charge in [0, 0.05) is 14.3 Å². The molecule has 0 saturated carbocycles. The van der Waals surface area contributed by atoms with Crippen LogP contribution in [0.2, 0.25) is 0 Å². The predicted molar refractivity (Wildman–Crippen MR) is 171 cm³/mol. The number of benzene rings is 4. The molecule has 0 amide bonds. The zero-order valence-corrected chi connectivity index (χ0v) is 25.0. The molecular weight excluding hydrogens is 556 g/mol. The average molecular weight is 596 g/mol. The minimum absolute atomic E-state index is 0. The molecule has 4 rings (SSSR count). The van der Waals surface area contributed by atoms with E-state index in [1.54, 1.807) is 0 Å². The number of nitrogens with zero attached hydrogens (tertiary/aromatic N) is 2. The second kappa shape index (κ2) is 18.9. The van der Waals surface area contributed by atoms with Crippen molar-refractivity contribution in [2.45, 2.75) is 37.5 Å². The molecule has 0 aliphatic carbocycles. The van der Waals surface area contributed by atoms with Gasteiger partial charge in [-0.15, -0.1) is 0 Å². The van der Waals surface area contributed by atoms with E-state index in [0.29, 0.717) is 19.5 Å². The lowest BCUT2D eigenvalue weighted by molar-refractivity contribution is -0.141. The lowest BCUT2D eigenvalue weighted by atomic mass is 9.74. The van der Waals surface area contributed by atoms with Crippen molar-refractivity contribution in [2.75, 3.05) is 20.8 Å². The molecule has 4 aromatic carbocycles. The number of ether oxygens (including phenoxy) is 3. The molecule has 0 heterocycles. The van der Waals surface area contributed by atoms with Crippen molar-refractivity contribution >= 4 is 40.0 Å². The van der Waals surface area contributed by atoms with Crippen LogP contribution >= 0.6 is 0 Å². The number of carbonyl (C=O) groups is 3. The van der Waals surface area contributed by atoms with E-state index in [9.17, 15) is 19.6 Å². The zero-order chi connectivity index (χ0) is 32.2. The Morgan fingerprint density at radius 2 is 1.34 bits per heavy atom. The second-order valence-corrected chi connectivity index (χ2v) is 9.64. The van der Waals surface area contributed by atoms with Gasteiger partial charge in [-0.3, -0.25) is 14.4 Å². The molecule has 8 nitrogen and oxygen atoms in total. The molecule has 0 radical (unpaired) electrons. The van der Waals surface area contributed by atoms with Gasteiger partial charge < -0.3 is 14.2 Å². The Morgan fingerprint density at radius 1 is 0.818 bits per heavy atom. The Morgan fingerprint density at radius 3 is 1.80 bits per heavy atom. The minimum Gasteiger partial charge on any atom is -0.469 e. The van der Waals surface area contributed by atoms with E-state index in [1.807, 2.05) is 60.7 Å². The largest absolute Gasteiger partial charge is 0.469 e. The first kappa shape index (κ1) is 34.7. The summed E-state index contributed by atoms with van der Waals surface area (Å²) in [4.78, 5) is 32.5. The quantitative estimate of drug-likeness (QED) is 0.0596. The van der Waals surface area contributed by atoms with Crippen LogP contribution in [0, 0.1) is 22.7 Å². The average Bonchev–Trinajstić information content (AvgIpc) is 3.07. The van der Waals surface area contributed by atoms with Crippen LogP contribution in [-0.4, -0.2) is 39.2 Å². The summed E-state index contributed by atoms with van der Waals surface area (Å²) in [5.74, 6) is -0.753. The highest BCUT2D eigenvalue weighted by atomic mass is 16.5. The third kappa shape index (κ3) is 10.7. The van der Waals surface area contributed by atoms with Crippen molar-refractivity contribution < 1.29 is 30.0 Å². The van der Waals surface area contributed by atoms with Crippen LogP contribution < -0.4 is 0 Å². The van der Waals surface area contributed by atoms with Crippen LogP contribution in [0.3, 0.4) is 0 Å². The van der Waals surface area contributed by atoms with E-state index in [1.165, 1.54) is 31.1 Å². The fourth-order valence-corrected chi connectivity index (χ4v) is 4.46. The number of fused-ring (bicyclic) bond motifs is 2. The third-order valence-corrected chi connectivity index (χ3v) is 6.86. The first-order chi connectivity index (χ1) is 21.4. The molecule has 0 aliphatic rings. The van der Waals surface area contributed by atoms with Gasteiger partial charge in [0.25, 0.3) is 6.47 Å². The maximum absolute atomic E-state index is 11.6. The van der Waals surface area contributed by atoms with Gasteiger partial charge in [-0.05, 0) is 51.6 Å². The molecule has 0 saturated heterocycles. The van der Waals surface area contributed by atoms with Crippen LogP contribution in [0.5, 0.6) is 0 Å². The molecule has 0 aromatic heterocycles. The highest BCUT2D eigenvalue weighted by molar-refractivity contribution is 5.84. The van der Waals surface area contributed by atoms with E-state index in [0.717, 1.165) is 21.9 Å². The Kier molecular flexibility index (Phi) is 14.9. The highest BCUT2D eigenvalue weighted by Gasteiger charge is 2.34. The molecule has 0 aliphatic heterocycles. The molecule has 8 heteroatoms. The Labute approximate surface area is 259 Å². The molecule has 0 fully saturated rings. The maximum Gasteiger partial charge on any atom is 0.305 e. The molecule has 4 aromatic rings. The van der Waals surface area contributed by atoms with Gasteiger partial charge in [-0.2, -0.15) is 10.5 Å². The molecule has 0 atom stereocenters. The SMILES string of the molecule is C=CCOC=O.COC(=O)CCC(C#N)(CCC(=O)OC)c1ccc2ccccc2c1.N#CCc1ccc2ccccc2c1.[2HH]. The fourth-order valence-electron chi connectivity index (χ4n) is 4.46. The minimum atomic E-state index is -0.952. The van der Waals surface area contributed by atoms with Gasteiger partial charge in [0.15, 0.2) is 0 Å². The number of hydrogen-bond acceptors (Lipinski definition) is 8. The Bertz CT molecular complexity index is 1610. The van der Waals surface area contributed by atoms with Crippen LogP contribution in [0.15, 0.2) is 97.6 Å². The van der Waals surface area contributed by atoms with E-state index in [-0.39, 0.29) is 39.0 Å². The number of methoxy groups -OCH3 is 2. The summed E-state index contributed by atoms with van der Waals surface area (Å²) >= 11 is 0. The summed E-state index contributed by atoms with van der Waals surface area (Å²) < 4.78 is 13.6. The predicted octanol–water partition coefficient (Wildman–Crippen LogP) is 7.00. The number of hydrogen-bond donors (Lipinski definition) is 0. The van der Waals surface area contributed by atoms with Crippen molar-refractivity contribution in [3.8, 4) is 12.1 Å². The molecule has 0 unspecified atom stereocenters. The smallest absolute Gasteiger partial charge is 0.305 e. The van der Waals surface area contributed by atoms with Crippen LogP contribution in [0.1, 0.15) is 38.2 Å². The molecule has 44 heavy (non-hydrogen) atoms. The normalized spacial score (nSPS) is 10.0. The van der Waals surface area contributed by atoms with Crippen molar-refractivity contribution in [1.82, 2.24) is 0 Å². The second-order valence-electron chi connectivity index (χ2n) is 9.64. The van der Waals surface area contributed by atoms with Crippen molar-refractivity contribution in [2.24, 2.45) is 0 Å². The molecule has 228 valence electrons. The van der Waals surface area contributed by atoms with Crippen molar-refractivity contribution in [3.63, 3.8) is 0 Å². The van der Waals surface area contributed by atoms with Crippen LogP contribution in [0.25, 0.3) is 21.5 Å². The van der Waals surface area contributed by atoms with E-state index in [2.05, 4.69) is 47.7 Å². The van der Waals surface area contributed by atoms with Crippen LogP contribution in [0.4, 0.5) is 0 Å². The number of rotatable bonds is 11. The third-order valence-electron chi connectivity index (χ3n) is 6.86. The molecule has 0 bridgehead atoms. The van der Waals surface area contributed by atoms with Gasteiger partial charge in [-0.1, -0.05) is 91.5 Å². The summed E-state index contributed by atoms with van der Waals surface area (Å²) in [6.45, 7) is 4.01. The highest BCUT2D eigenvalue weighted by Crippen LogP contribution is 2.36. The van der Waals surface area contributed by atoms with Crippen LogP contribution in [-0.2, 0) is 40.4 Å². The summed E-state index contributed by atoms with van der Waals surface area (Å²) in [5, 5.41) is 23.0. The van der Waals surface area contributed by atoms with E-state index in [4.69, 9.17) is 14.7 Å². The molecule has 0 N–H and O–H groups in total. The molecular formula is C36H38N2O6.